The Labute approximate surface area is 321 Å². The average molecular weight is 735 g/mol. The molecule has 2 heterocycles. The van der Waals surface area contributed by atoms with E-state index in [1.807, 2.05) is 36.4 Å². The van der Waals surface area contributed by atoms with Gasteiger partial charge in [0.25, 0.3) is 0 Å². The molecular weight excluding hydrogens is 702 g/mol. The highest BCUT2D eigenvalue weighted by molar-refractivity contribution is 6.11. The number of fused-ring (bicyclic) bond motifs is 6. The molecule has 0 aliphatic carbocycles. The fraction of sp³-hybridized carbons (Fsp3) is 0.102. The number of alkyl halides is 3. The molecule has 9 aromatic rings. The van der Waals surface area contributed by atoms with Crippen LogP contribution in [0.5, 0.6) is 0 Å². The van der Waals surface area contributed by atoms with Crippen molar-refractivity contribution in [1.29, 1.82) is 10.5 Å². The molecule has 7 aromatic carbocycles. The minimum absolute atomic E-state index is 0.0996. The van der Waals surface area contributed by atoms with Crippen molar-refractivity contribution in [3.05, 3.63) is 166 Å². The van der Waals surface area contributed by atoms with E-state index in [-0.39, 0.29) is 5.56 Å². The maximum absolute atomic E-state index is 14.0. The third-order valence-corrected chi connectivity index (χ3v) is 10.8. The number of nitriles is 2. The van der Waals surface area contributed by atoms with Crippen molar-refractivity contribution in [3.8, 4) is 45.8 Å². The van der Waals surface area contributed by atoms with Gasteiger partial charge in [0.05, 0.1) is 56.6 Å². The van der Waals surface area contributed by atoms with Crippen LogP contribution in [-0.2, 0) is 6.18 Å². The Kier molecular flexibility index (Phi) is 7.90. The third kappa shape index (κ3) is 5.51. The predicted molar refractivity (Wildman–Crippen MR) is 219 cm³/mol. The maximum atomic E-state index is 14.0. The predicted octanol–water partition coefficient (Wildman–Crippen LogP) is 13.2. The van der Waals surface area contributed by atoms with Gasteiger partial charge in [-0.25, -0.2) is 0 Å². The fourth-order valence-corrected chi connectivity index (χ4v) is 8.23. The Morgan fingerprint density at radius 3 is 1.43 bits per heavy atom. The Balaban J connectivity index is 1.41. The summed E-state index contributed by atoms with van der Waals surface area (Å²) in [6, 6.07) is 44.6. The van der Waals surface area contributed by atoms with Gasteiger partial charge in [0.15, 0.2) is 0 Å². The molecule has 0 aliphatic heterocycles. The molecule has 2 aromatic heterocycles. The Bertz CT molecular complexity index is 3080. The largest absolute Gasteiger partial charge is 0.416 e. The van der Waals surface area contributed by atoms with Crippen molar-refractivity contribution < 1.29 is 13.2 Å². The highest BCUT2D eigenvalue weighted by Gasteiger charge is 2.31. The number of hydrogen-bond acceptors (Lipinski definition) is 2. The summed E-state index contributed by atoms with van der Waals surface area (Å²) in [4.78, 5) is 0. The van der Waals surface area contributed by atoms with Crippen LogP contribution in [0.1, 0.15) is 38.9 Å². The van der Waals surface area contributed by atoms with Gasteiger partial charge in [-0.3, -0.25) is 0 Å². The van der Waals surface area contributed by atoms with E-state index >= 15 is 0 Å². The van der Waals surface area contributed by atoms with Gasteiger partial charge in [-0.15, -0.1) is 0 Å². The van der Waals surface area contributed by atoms with E-state index in [1.165, 1.54) is 6.07 Å². The second-order valence-electron chi connectivity index (χ2n) is 14.7. The average Bonchev–Trinajstić information content (AvgIpc) is 3.67. The van der Waals surface area contributed by atoms with E-state index in [4.69, 9.17) is 0 Å². The first-order valence-electron chi connectivity index (χ1n) is 18.3. The van der Waals surface area contributed by atoms with Gasteiger partial charge in [-0.1, -0.05) is 58.7 Å². The molecule has 0 saturated carbocycles. The molecule has 56 heavy (non-hydrogen) atoms. The molecule has 0 bridgehead atoms. The first-order chi connectivity index (χ1) is 26.9. The van der Waals surface area contributed by atoms with Crippen molar-refractivity contribution in [1.82, 2.24) is 9.13 Å². The molecule has 0 N–H and O–H groups in total. The summed E-state index contributed by atoms with van der Waals surface area (Å²) in [6.07, 6.45) is -4.62. The van der Waals surface area contributed by atoms with E-state index < -0.39 is 11.7 Å². The van der Waals surface area contributed by atoms with Gasteiger partial charge >= 0.3 is 6.18 Å². The third-order valence-electron chi connectivity index (χ3n) is 10.8. The maximum Gasteiger partial charge on any atom is 0.416 e. The lowest BCUT2D eigenvalue weighted by molar-refractivity contribution is -0.137. The highest BCUT2D eigenvalue weighted by atomic mass is 19.4. The second-order valence-corrected chi connectivity index (χ2v) is 14.7. The summed E-state index contributed by atoms with van der Waals surface area (Å²) in [7, 11) is 0. The van der Waals surface area contributed by atoms with Crippen LogP contribution in [-0.4, -0.2) is 9.13 Å². The first-order valence-corrected chi connectivity index (χ1v) is 18.3. The van der Waals surface area contributed by atoms with Crippen LogP contribution < -0.4 is 0 Å². The lowest BCUT2D eigenvalue weighted by Crippen LogP contribution is -2.06. The van der Waals surface area contributed by atoms with Crippen molar-refractivity contribution in [2.45, 2.75) is 33.9 Å². The minimum Gasteiger partial charge on any atom is -0.309 e. The van der Waals surface area contributed by atoms with Gasteiger partial charge in [0.1, 0.15) is 0 Å². The number of halogens is 3. The van der Waals surface area contributed by atoms with Gasteiger partial charge < -0.3 is 9.13 Å². The zero-order chi connectivity index (χ0) is 39.0. The van der Waals surface area contributed by atoms with Gasteiger partial charge in [-0.2, -0.15) is 23.7 Å². The molecule has 0 fully saturated rings. The monoisotopic (exact) mass is 734 g/mol. The first kappa shape index (κ1) is 34.7. The smallest absolute Gasteiger partial charge is 0.309 e. The van der Waals surface area contributed by atoms with Crippen molar-refractivity contribution >= 4 is 43.6 Å². The van der Waals surface area contributed by atoms with E-state index in [2.05, 4.69) is 116 Å². The van der Waals surface area contributed by atoms with Crippen LogP contribution in [0, 0.1) is 50.4 Å². The number of benzene rings is 7. The lowest BCUT2D eigenvalue weighted by atomic mass is 9.89. The zero-order valence-electron chi connectivity index (χ0n) is 31.0. The lowest BCUT2D eigenvalue weighted by Gasteiger charge is -2.20. The van der Waals surface area contributed by atoms with E-state index in [0.29, 0.717) is 27.8 Å². The Hall–Kier alpha value is -7.09. The summed E-state index contributed by atoms with van der Waals surface area (Å²) >= 11 is 0. The van der Waals surface area contributed by atoms with Gasteiger partial charge in [-0.05, 0) is 130 Å². The second kappa shape index (κ2) is 12.8. The molecule has 270 valence electrons. The summed E-state index contributed by atoms with van der Waals surface area (Å²) in [5, 5.41) is 25.0. The molecule has 9 rings (SSSR count). The van der Waals surface area contributed by atoms with Gasteiger partial charge in [0, 0.05) is 38.4 Å². The normalized spacial score (nSPS) is 11.8. The molecule has 0 amide bonds. The van der Waals surface area contributed by atoms with Gasteiger partial charge in [0.2, 0.25) is 0 Å². The molecule has 4 nitrogen and oxygen atoms in total. The van der Waals surface area contributed by atoms with E-state index in [9.17, 15) is 23.7 Å². The summed E-state index contributed by atoms with van der Waals surface area (Å²) < 4.78 is 46.3. The molecule has 7 heteroatoms. The van der Waals surface area contributed by atoms with Crippen molar-refractivity contribution in [2.24, 2.45) is 0 Å². The number of nitrogens with zero attached hydrogens (tertiary/aromatic N) is 4. The van der Waals surface area contributed by atoms with Crippen LogP contribution in [0.15, 0.2) is 127 Å². The quantitative estimate of drug-likeness (QED) is 0.181. The number of aromatic nitrogens is 2. The summed E-state index contributed by atoms with van der Waals surface area (Å²) in [5.74, 6) is 0. The summed E-state index contributed by atoms with van der Waals surface area (Å²) in [6.45, 7) is 8.28. The van der Waals surface area contributed by atoms with Crippen LogP contribution in [0.25, 0.3) is 77.2 Å². The zero-order valence-corrected chi connectivity index (χ0v) is 31.0. The standard InChI is InChI=1S/C49H33F3N4/c1-28-5-14-44-39(19-28)40-20-29(2)6-15-45(40)55(44)35-11-13-37(36-12-10-34(49(50,51)52)24-33(36)27-54)38(25-35)43-23-32(26-53)9-18-48(43)56-46-16-7-30(3)21-41(46)42-22-31(4)8-17-47(42)56/h5-25H,1-4H3. The SMILES string of the molecule is Cc1ccc2c(c1)c1cc(C)ccc1n2-c1ccc(-c2ccc(C(F)(F)F)cc2C#N)c(-c2cc(C#N)ccc2-n2c3ccc(C)cc3c3cc(C)ccc32)c1. The topological polar surface area (TPSA) is 57.4 Å². The number of hydrogen-bond donors (Lipinski definition) is 0. The van der Waals surface area contributed by atoms with E-state index in [1.54, 1.807) is 6.07 Å². The van der Waals surface area contributed by atoms with E-state index in [0.717, 1.165) is 89.4 Å². The molecule has 0 spiro atoms. The van der Waals surface area contributed by atoms with Crippen molar-refractivity contribution in [3.63, 3.8) is 0 Å². The molecule has 0 atom stereocenters. The highest BCUT2D eigenvalue weighted by Crippen LogP contribution is 2.44. The fourth-order valence-electron chi connectivity index (χ4n) is 8.23. The van der Waals surface area contributed by atoms with Crippen molar-refractivity contribution in [2.75, 3.05) is 0 Å². The van der Waals surface area contributed by atoms with Crippen LogP contribution in [0.2, 0.25) is 0 Å². The molecule has 0 saturated heterocycles. The Morgan fingerprint density at radius 2 is 0.946 bits per heavy atom. The minimum atomic E-state index is -4.62. The molecule has 0 aliphatic rings. The molecule has 0 unspecified atom stereocenters. The Morgan fingerprint density at radius 1 is 0.446 bits per heavy atom. The van der Waals surface area contributed by atoms with Crippen LogP contribution in [0.4, 0.5) is 13.2 Å². The number of aryl methyl sites for hydroxylation is 4. The van der Waals surface area contributed by atoms with Crippen LogP contribution in [0.3, 0.4) is 0 Å². The number of rotatable bonds is 4. The molecular formula is C49H33F3N4. The van der Waals surface area contributed by atoms with Crippen LogP contribution >= 0.6 is 0 Å². The molecule has 0 radical (unpaired) electrons. The summed E-state index contributed by atoms with van der Waals surface area (Å²) in [5.41, 5.74) is 11.8.